The van der Waals surface area contributed by atoms with Crippen molar-refractivity contribution in [3.63, 3.8) is 0 Å². The van der Waals surface area contributed by atoms with Gasteiger partial charge < -0.3 is 4.74 Å². The van der Waals surface area contributed by atoms with Gasteiger partial charge in [0.05, 0.1) is 7.11 Å². The SMILES string of the molecule is COC(=O)[C@@H]1CSC(=S)N1C(=O)C[C@H]1CC=CC[C@H]1CC(=O)Sc1ccccc1. The van der Waals surface area contributed by atoms with E-state index in [4.69, 9.17) is 17.0 Å². The average Bonchev–Trinajstić information content (AvgIpc) is 3.11. The van der Waals surface area contributed by atoms with Crippen molar-refractivity contribution >= 4 is 57.1 Å². The highest BCUT2D eigenvalue weighted by atomic mass is 32.2. The molecule has 2 aliphatic rings. The van der Waals surface area contributed by atoms with Gasteiger partial charge in [-0.15, -0.1) is 0 Å². The van der Waals surface area contributed by atoms with Crippen molar-refractivity contribution in [1.29, 1.82) is 0 Å². The molecule has 5 nitrogen and oxygen atoms in total. The number of carbonyl (C=O) groups is 3. The third-order valence-electron chi connectivity index (χ3n) is 5.17. The van der Waals surface area contributed by atoms with E-state index in [0.717, 1.165) is 17.7 Å². The lowest BCUT2D eigenvalue weighted by molar-refractivity contribution is -0.148. The molecular formula is C21H23NO4S3. The fourth-order valence-electron chi connectivity index (χ4n) is 3.63. The summed E-state index contributed by atoms with van der Waals surface area (Å²) in [6.07, 6.45) is 6.36. The molecule has 0 N–H and O–H groups in total. The summed E-state index contributed by atoms with van der Waals surface area (Å²) in [6, 6.07) is 8.93. The molecule has 8 heteroatoms. The van der Waals surface area contributed by atoms with Crippen LogP contribution in [0.2, 0.25) is 0 Å². The lowest BCUT2D eigenvalue weighted by atomic mass is 9.79. The zero-order valence-corrected chi connectivity index (χ0v) is 18.6. The van der Waals surface area contributed by atoms with Crippen molar-refractivity contribution in [1.82, 2.24) is 4.90 Å². The number of esters is 1. The molecule has 1 aliphatic heterocycles. The zero-order chi connectivity index (χ0) is 20.8. The molecule has 1 heterocycles. The monoisotopic (exact) mass is 449 g/mol. The minimum Gasteiger partial charge on any atom is -0.467 e. The van der Waals surface area contributed by atoms with Crippen LogP contribution in [-0.4, -0.2) is 45.1 Å². The van der Waals surface area contributed by atoms with Crippen LogP contribution in [0.3, 0.4) is 0 Å². The second kappa shape index (κ2) is 10.4. The van der Waals surface area contributed by atoms with Crippen molar-refractivity contribution in [2.45, 2.75) is 36.6 Å². The summed E-state index contributed by atoms with van der Waals surface area (Å²) in [4.78, 5) is 39.9. The maximum absolute atomic E-state index is 13.0. The van der Waals surface area contributed by atoms with Crippen LogP contribution < -0.4 is 0 Å². The molecule has 29 heavy (non-hydrogen) atoms. The Morgan fingerprint density at radius 2 is 1.79 bits per heavy atom. The molecule has 1 aliphatic carbocycles. The van der Waals surface area contributed by atoms with Crippen LogP contribution in [0.1, 0.15) is 25.7 Å². The minimum absolute atomic E-state index is 0.0551. The van der Waals surface area contributed by atoms with Crippen LogP contribution in [0.25, 0.3) is 0 Å². The smallest absolute Gasteiger partial charge is 0.329 e. The van der Waals surface area contributed by atoms with Crippen LogP contribution in [0, 0.1) is 11.8 Å². The van der Waals surface area contributed by atoms with Crippen LogP contribution in [-0.2, 0) is 19.1 Å². The van der Waals surface area contributed by atoms with Gasteiger partial charge in [-0.2, -0.15) is 0 Å². The third kappa shape index (κ3) is 5.71. The minimum atomic E-state index is -0.655. The van der Waals surface area contributed by atoms with Gasteiger partial charge in [-0.05, 0) is 36.8 Å². The number of ether oxygens (including phenoxy) is 1. The maximum atomic E-state index is 13.0. The van der Waals surface area contributed by atoms with Gasteiger partial charge in [0.25, 0.3) is 0 Å². The largest absolute Gasteiger partial charge is 0.467 e. The van der Waals surface area contributed by atoms with Crippen LogP contribution in [0.15, 0.2) is 47.4 Å². The number of benzene rings is 1. The molecule has 3 atom stereocenters. The maximum Gasteiger partial charge on any atom is 0.329 e. The highest BCUT2D eigenvalue weighted by Crippen LogP contribution is 2.35. The van der Waals surface area contributed by atoms with E-state index in [1.165, 1.54) is 35.5 Å². The molecule has 154 valence electrons. The number of hydrogen-bond acceptors (Lipinski definition) is 7. The molecular weight excluding hydrogens is 426 g/mol. The number of carbonyl (C=O) groups excluding carboxylic acids is 3. The van der Waals surface area contributed by atoms with E-state index in [0.29, 0.717) is 16.5 Å². The molecule has 0 aromatic heterocycles. The first-order valence-electron chi connectivity index (χ1n) is 9.47. The first-order chi connectivity index (χ1) is 14.0. The second-order valence-corrected chi connectivity index (χ2v) is 9.82. The van der Waals surface area contributed by atoms with E-state index in [1.54, 1.807) is 0 Å². The molecule has 0 spiro atoms. The number of thioether (sulfide) groups is 2. The Bertz CT molecular complexity index is 811. The first-order valence-corrected chi connectivity index (χ1v) is 11.7. The number of hydrogen-bond donors (Lipinski definition) is 0. The Labute approximate surface area is 184 Å². The summed E-state index contributed by atoms with van der Waals surface area (Å²) in [6.45, 7) is 0. The van der Waals surface area contributed by atoms with Gasteiger partial charge in [0.15, 0.2) is 5.12 Å². The topological polar surface area (TPSA) is 63.7 Å². The number of thiocarbonyl (C=S) groups is 1. The molecule has 1 aromatic carbocycles. The van der Waals surface area contributed by atoms with E-state index >= 15 is 0 Å². The molecule has 0 unspecified atom stereocenters. The lowest BCUT2D eigenvalue weighted by Crippen LogP contribution is -2.45. The molecule has 3 rings (SSSR count). The van der Waals surface area contributed by atoms with Crippen molar-refractivity contribution in [3.8, 4) is 0 Å². The van der Waals surface area contributed by atoms with Gasteiger partial charge in [-0.25, -0.2) is 4.79 Å². The Kier molecular flexibility index (Phi) is 7.91. The number of allylic oxidation sites excluding steroid dienone is 2. The Morgan fingerprint density at radius 1 is 1.14 bits per heavy atom. The summed E-state index contributed by atoms with van der Waals surface area (Å²) in [5.41, 5.74) is 0. The highest BCUT2D eigenvalue weighted by molar-refractivity contribution is 8.23. The van der Waals surface area contributed by atoms with Crippen molar-refractivity contribution in [3.05, 3.63) is 42.5 Å². The zero-order valence-electron chi connectivity index (χ0n) is 16.1. The summed E-state index contributed by atoms with van der Waals surface area (Å²) >= 11 is 7.86. The second-order valence-electron chi connectivity index (χ2n) is 7.04. The molecule has 1 fully saturated rings. The fraction of sp³-hybridized carbons (Fsp3) is 0.429. The van der Waals surface area contributed by atoms with Gasteiger partial charge in [-0.3, -0.25) is 14.5 Å². The van der Waals surface area contributed by atoms with Gasteiger partial charge in [0, 0.05) is 23.5 Å². The Morgan fingerprint density at radius 3 is 2.45 bits per heavy atom. The summed E-state index contributed by atoms with van der Waals surface area (Å²) in [5, 5.41) is 0.105. The standard InChI is InChI=1S/C21H23NO4S3/c1-26-20(25)17-13-28-21(27)22(17)18(23)11-14-7-5-6-8-15(14)12-19(24)29-16-9-3-2-4-10-16/h2-6,9-10,14-15,17H,7-8,11-13H2,1H3/t14-,15+,17+/m1/s1. The summed E-state index contributed by atoms with van der Waals surface area (Å²) in [7, 11) is 1.31. The van der Waals surface area contributed by atoms with E-state index in [1.807, 2.05) is 30.3 Å². The fourth-order valence-corrected chi connectivity index (χ4v) is 5.87. The predicted octanol–water partition coefficient (Wildman–Crippen LogP) is 4.07. The Balaban J connectivity index is 1.63. The van der Waals surface area contributed by atoms with Gasteiger partial charge in [0.2, 0.25) is 5.91 Å². The molecule has 0 bridgehead atoms. The third-order valence-corrected chi connectivity index (χ3v) is 7.55. The van der Waals surface area contributed by atoms with Gasteiger partial charge >= 0.3 is 5.97 Å². The normalized spacial score (nSPS) is 23.8. The lowest BCUT2D eigenvalue weighted by Gasteiger charge is -2.30. The number of rotatable bonds is 6. The molecule has 1 saturated heterocycles. The molecule has 1 aromatic rings. The van der Waals surface area contributed by atoms with E-state index < -0.39 is 12.0 Å². The van der Waals surface area contributed by atoms with Crippen molar-refractivity contribution < 1.29 is 19.1 Å². The van der Waals surface area contributed by atoms with Gasteiger partial charge in [0.1, 0.15) is 10.4 Å². The van der Waals surface area contributed by atoms with Crippen LogP contribution in [0.4, 0.5) is 0 Å². The quantitative estimate of drug-likeness (QED) is 0.281. The summed E-state index contributed by atoms with van der Waals surface area (Å²) < 4.78 is 5.24. The molecule has 1 amide bonds. The van der Waals surface area contributed by atoms with Crippen LogP contribution >= 0.6 is 35.7 Å². The first kappa shape index (κ1) is 22.1. The number of methoxy groups -OCH3 is 1. The van der Waals surface area contributed by atoms with Crippen LogP contribution in [0.5, 0.6) is 0 Å². The van der Waals surface area contributed by atoms with E-state index in [-0.39, 0.29) is 29.3 Å². The van der Waals surface area contributed by atoms with Gasteiger partial charge in [-0.1, -0.05) is 66.1 Å². The van der Waals surface area contributed by atoms with E-state index in [2.05, 4.69) is 12.2 Å². The van der Waals surface area contributed by atoms with Crippen molar-refractivity contribution in [2.75, 3.05) is 12.9 Å². The highest BCUT2D eigenvalue weighted by Gasteiger charge is 2.40. The average molecular weight is 450 g/mol. The van der Waals surface area contributed by atoms with E-state index in [9.17, 15) is 14.4 Å². The number of nitrogens with zero attached hydrogens (tertiary/aromatic N) is 1. The number of amides is 1. The molecule has 0 radical (unpaired) electrons. The summed E-state index contributed by atoms with van der Waals surface area (Å²) in [5.74, 6) is -0.0195. The molecule has 0 saturated carbocycles. The Hall–Kier alpha value is -1.64. The van der Waals surface area contributed by atoms with Crippen molar-refractivity contribution in [2.24, 2.45) is 11.8 Å². The predicted molar refractivity (Wildman–Crippen MR) is 120 cm³/mol.